The summed E-state index contributed by atoms with van der Waals surface area (Å²) in [6, 6.07) is 0.0503. The fraction of sp³-hybridized carbons (Fsp3) is 0.923. The van der Waals surface area contributed by atoms with Crippen LogP contribution in [-0.2, 0) is 0 Å². The molecule has 0 aromatic carbocycles. The number of nitrogens with one attached hydrogen (secondary N) is 2. The van der Waals surface area contributed by atoms with E-state index in [2.05, 4.69) is 15.6 Å². The van der Waals surface area contributed by atoms with Gasteiger partial charge in [0.15, 0.2) is 5.96 Å². The number of hydrogen-bond acceptors (Lipinski definition) is 2. The van der Waals surface area contributed by atoms with Crippen LogP contribution in [0.2, 0.25) is 0 Å². The molecule has 2 fully saturated rings. The van der Waals surface area contributed by atoms with Crippen molar-refractivity contribution in [3.8, 4) is 0 Å². The maximum atomic E-state index is 12.3. The van der Waals surface area contributed by atoms with Crippen molar-refractivity contribution in [3.05, 3.63) is 0 Å². The van der Waals surface area contributed by atoms with Gasteiger partial charge in [0.05, 0.1) is 6.54 Å². The van der Waals surface area contributed by atoms with Gasteiger partial charge in [-0.25, -0.2) is 0 Å². The van der Waals surface area contributed by atoms with E-state index in [0.717, 1.165) is 25.5 Å². The molecule has 20 heavy (non-hydrogen) atoms. The van der Waals surface area contributed by atoms with Gasteiger partial charge in [-0.2, -0.15) is 13.2 Å². The molecule has 0 aromatic rings. The molecule has 2 aliphatic rings. The van der Waals surface area contributed by atoms with Crippen molar-refractivity contribution >= 4 is 5.96 Å². The molecule has 116 valence electrons. The molecule has 0 bridgehead atoms. The molecule has 0 amide bonds. The van der Waals surface area contributed by atoms with E-state index < -0.39 is 12.7 Å². The summed E-state index contributed by atoms with van der Waals surface area (Å²) in [5, 5.41) is 6.40. The highest BCUT2D eigenvalue weighted by Crippen LogP contribution is 2.28. The maximum absolute atomic E-state index is 12.3. The average Bonchev–Trinajstić information content (AvgIpc) is 3.07. The molecule has 1 saturated carbocycles. The largest absolute Gasteiger partial charge is 0.401 e. The fourth-order valence-electron chi connectivity index (χ4n) is 2.38. The number of aliphatic imine (C=N–C) groups is 1. The average molecular weight is 292 g/mol. The van der Waals surface area contributed by atoms with Crippen LogP contribution in [0.1, 0.15) is 26.2 Å². The van der Waals surface area contributed by atoms with Gasteiger partial charge in [-0.1, -0.05) is 0 Å². The number of likely N-dealkylation sites (tertiary alicyclic amines) is 1. The lowest BCUT2D eigenvalue weighted by Crippen LogP contribution is -2.45. The van der Waals surface area contributed by atoms with Crippen LogP contribution in [-0.4, -0.2) is 55.8 Å². The minimum absolute atomic E-state index is 0.0503. The first kappa shape index (κ1) is 15.4. The number of halogens is 3. The monoisotopic (exact) mass is 292 g/mol. The predicted molar refractivity (Wildman–Crippen MR) is 72.7 cm³/mol. The van der Waals surface area contributed by atoms with Gasteiger partial charge in [0, 0.05) is 32.2 Å². The highest BCUT2D eigenvalue weighted by molar-refractivity contribution is 5.80. The van der Waals surface area contributed by atoms with Gasteiger partial charge in [-0.3, -0.25) is 9.89 Å². The van der Waals surface area contributed by atoms with Crippen LogP contribution in [0.3, 0.4) is 0 Å². The third-order valence-electron chi connectivity index (χ3n) is 3.56. The van der Waals surface area contributed by atoms with Gasteiger partial charge < -0.3 is 10.6 Å². The number of guanidine groups is 1. The summed E-state index contributed by atoms with van der Waals surface area (Å²) in [6.45, 7) is 3.65. The van der Waals surface area contributed by atoms with Crippen LogP contribution in [0, 0.1) is 5.92 Å². The van der Waals surface area contributed by atoms with Crippen LogP contribution < -0.4 is 10.6 Å². The Balaban J connectivity index is 1.77. The topological polar surface area (TPSA) is 39.7 Å². The number of nitrogens with zero attached hydrogens (tertiary/aromatic N) is 2. The van der Waals surface area contributed by atoms with E-state index in [1.54, 1.807) is 0 Å². The minimum Gasteiger partial charge on any atom is -0.357 e. The molecule has 1 unspecified atom stereocenters. The van der Waals surface area contributed by atoms with Crippen LogP contribution in [0.5, 0.6) is 0 Å². The molecular weight excluding hydrogens is 269 g/mol. The lowest BCUT2D eigenvalue weighted by atomic mass is 10.3. The molecule has 1 atom stereocenters. The zero-order valence-electron chi connectivity index (χ0n) is 11.8. The van der Waals surface area contributed by atoms with Gasteiger partial charge >= 0.3 is 6.18 Å². The second-order valence-electron chi connectivity index (χ2n) is 5.64. The van der Waals surface area contributed by atoms with Crippen molar-refractivity contribution < 1.29 is 13.2 Å². The highest BCUT2D eigenvalue weighted by Gasteiger charge is 2.34. The molecular formula is C13H23F3N4. The van der Waals surface area contributed by atoms with E-state index in [1.807, 2.05) is 6.92 Å². The molecule has 2 rings (SSSR count). The van der Waals surface area contributed by atoms with Gasteiger partial charge in [0.2, 0.25) is 0 Å². The highest BCUT2D eigenvalue weighted by atomic mass is 19.4. The Kier molecular flexibility index (Phi) is 5.12. The molecule has 2 N–H and O–H groups in total. The Morgan fingerprint density at radius 1 is 1.30 bits per heavy atom. The first-order chi connectivity index (χ1) is 9.46. The van der Waals surface area contributed by atoms with Gasteiger partial charge in [-0.15, -0.1) is 0 Å². The third kappa shape index (κ3) is 5.56. The van der Waals surface area contributed by atoms with E-state index in [9.17, 15) is 13.2 Å². The van der Waals surface area contributed by atoms with E-state index in [4.69, 9.17) is 0 Å². The Labute approximate surface area is 117 Å². The third-order valence-corrected chi connectivity index (χ3v) is 3.56. The predicted octanol–water partition coefficient (Wildman–Crippen LogP) is 1.59. The van der Waals surface area contributed by atoms with E-state index in [-0.39, 0.29) is 6.04 Å². The van der Waals surface area contributed by atoms with E-state index in [1.165, 1.54) is 17.7 Å². The van der Waals surface area contributed by atoms with Crippen molar-refractivity contribution in [2.45, 2.75) is 38.4 Å². The second-order valence-corrected chi connectivity index (χ2v) is 5.64. The zero-order chi connectivity index (χ0) is 14.6. The minimum atomic E-state index is -4.11. The van der Waals surface area contributed by atoms with E-state index >= 15 is 0 Å². The summed E-state index contributed by atoms with van der Waals surface area (Å²) in [5.41, 5.74) is 0. The quantitative estimate of drug-likeness (QED) is 0.597. The summed E-state index contributed by atoms with van der Waals surface area (Å²) in [7, 11) is 0. The number of rotatable bonds is 5. The van der Waals surface area contributed by atoms with Gasteiger partial charge in [0.1, 0.15) is 0 Å². The Morgan fingerprint density at radius 3 is 2.65 bits per heavy atom. The molecule has 0 aromatic heterocycles. The van der Waals surface area contributed by atoms with Gasteiger partial charge in [-0.05, 0) is 32.1 Å². The summed E-state index contributed by atoms with van der Waals surface area (Å²) in [5.74, 6) is 1.44. The lowest BCUT2D eigenvalue weighted by Gasteiger charge is -2.19. The molecule has 1 heterocycles. The van der Waals surface area contributed by atoms with Crippen molar-refractivity contribution in [2.75, 3.05) is 32.7 Å². The molecule has 0 radical (unpaired) electrons. The Morgan fingerprint density at radius 2 is 2.05 bits per heavy atom. The number of hydrogen-bond donors (Lipinski definition) is 2. The molecule has 1 aliphatic carbocycles. The second kappa shape index (κ2) is 6.65. The standard InChI is InChI=1S/C13H23F3N4/c1-2-17-12(18-7-10-3-4-10)19-11-5-6-20(8-11)9-13(14,15)16/h10-11H,2-9H2,1H3,(H2,17,18,19). The lowest BCUT2D eigenvalue weighted by molar-refractivity contribution is -0.143. The first-order valence-corrected chi connectivity index (χ1v) is 7.30. The van der Waals surface area contributed by atoms with Crippen molar-refractivity contribution in [3.63, 3.8) is 0 Å². The first-order valence-electron chi connectivity index (χ1n) is 7.30. The summed E-state index contributed by atoms with van der Waals surface area (Å²) < 4.78 is 37.0. The number of alkyl halides is 3. The molecule has 4 nitrogen and oxygen atoms in total. The Hall–Kier alpha value is -0.980. The maximum Gasteiger partial charge on any atom is 0.401 e. The molecule has 1 saturated heterocycles. The SMILES string of the molecule is CCNC(=NCC1CC1)NC1CCN(CC(F)(F)F)C1. The smallest absolute Gasteiger partial charge is 0.357 e. The van der Waals surface area contributed by atoms with Crippen LogP contribution >= 0.6 is 0 Å². The van der Waals surface area contributed by atoms with Gasteiger partial charge in [0.25, 0.3) is 0 Å². The van der Waals surface area contributed by atoms with E-state index in [0.29, 0.717) is 19.0 Å². The fourth-order valence-corrected chi connectivity index (χ4v) is 2.38. The summed E-state index contributed by atoms with van der Waals surface area (Å²) >= 11 is 0. The molecule has 7 heteroatoms. The normalized spacial score (nSPS) is 25.0. The zero-order valence-corrected chi connectivity index (χ0v) is 11.8. The summed E-state index contributed by atoms with van der Waals surface area (Å²) in [4.78, 5) is 5.94. The van der Waals surface area contributed by atoms with Crippen molar-refractivity contribution in [1.29, 1.82) is 0 Å². The van der Waals surface area contributed by atoms with Crippen molar-refractivity contribution in [1.82, 2.24) is 15.5 Å². The van der Waals surface area contributed by atoms with Crippen LogP contribution in [0.25, 0.3) is 0 Å². The Bertz CT molecular complexity index is 339. The van der Waals surface area contributed by atoms with Crippen LogP contribution in [0.4, 0.5) is 13.2 Å². The molecule has 1 aliphatic heterocycles. The van der Waals surface area contributed by atoms with Crippen molar-refractivity contribution in [2.24, 2.45) is 10.9 Å². The van der Waals surface area contributed by atoms with Crippen LogP contribution in [0.15, 0.2) is 4.99 Å². The molecule has 0 spiro atoms. The summed E-state index contributed by atoms with van der Waals surface area (Å²) in [6.07, 6.45) is -0.902.